The Hall–Kier alpha value is -4.74. The Bertz CT molecular complexity index is 1440. The molecule has 0 unspecified atom stereocenters. The summed E-state index contributed by atoms with van der Waals surface area (Å²) in [7, 11) is 0. The van der Waals surface area contributed by atoms with Crippen LogP contribution in [0.15, 0.2) is 60.8 Å². The predicted octanol–water partition coefficient (Wildman–Crippen LogP) is 1.72. The minimum atomic E-state index is 0.535. The van der Waals surface area contributed by atoms with Crippen LogP contribution in [-0.2, 0) is 0 Å². The lowest BCUT2D eigenvalue weighted by Crippen LogP contribution is -2.19. The maximum Gasteiger partial charge on any atom is 0.201 e. The average Bonchev–Trinajstić information content (AvgIpc) is 2.81. The fourth-order valence-corrected chi connectivity index (χ4v) is 3.90. The normalized spacial score (nSPS) is 12.0. The highest BCUT2D eigenvalue weighted by molar-refractivity contribution is 6.11. The number of aromatic amines is 2. The van der Waals surface area contributed by atoms with Crippen LogP contribution in [-0.4, -0.2) is 60.0 Å². The maximum atomic E-state index is 4.14. The van der Waals surface area contributed by atoms with Crippen molar-refractivity contribution in [1.82, 2.24) is 60.0 Å². The van der Waals surface area contributed by atoms with Gasteiger partial charge in [-0.15, -0.1) is 19.5 Å². The van der Waals surface area contributed by atoms with Crippen LogP contribution in [0.4, 0.5) is 0 Å². The quantitative estimate of drug-likeness (QED) is 0.297. The number of fused-ring (bicyclic) bond motifs is 9. The molecule has 144 valence electrons. The fourth-order valence-electron chi connectivity index (χ4n) is 3.90. The van der Waals surface area contributed by atoms with Crippen LogP contribution in [0.25, 0.3) is 43.7 Å². The fraction of sp³-hybridized carbons (Fsp3) is 0. The van der Waals surface area contributed by atoms with E-state index in [-0.39, 0.29) is 0 Å². The summed E-state index contributed by atoms with van der Waals surface area (Å²) in [5.74, 6) is 0. The van der Waals surface area contributed by atoms with Crippen LogP contribution in [0.5, 0.6) is 0 Å². The van der Waals surface area contributed by atoms with Gasteiger partial charge in [-0.1, -0.05) is 24.3 Å². The van der Waals surface area contributed by atoms with Crippen molar-refractivity contribution in [3.8, 4) is 0 Å². The minimum absolute atomic E-state index is 0.535. The Balaban J connectivity index is 1.82. The first kappa shape index (κ1) is 15.2. The number of nitrogens with zero attached hydrogens (tertiary/aromatic N) is 10. The summed E-state index contributed by atoms with van der Waals surface area (Å²) in [6.45, 7) is 0. The van der Waals surface area contributed by atoms with Gasteiger partial charge in [0, 0.05) is 16.8 Å². The molecule has 7 rings (SSSR count). The van der Waals surface area contributed by atoms with Crippen LogP contribution in [0, 0.1) is 0 Å². The molecule has 5 heterocycles. The monoisotopic (exact) mass is 396 g/mol. The lowest BCUT2D eigenvalue weighted by molar-refractivity contribution is 0.487. The molecule has 0 saturated carbocycles. The molecule has 0 aliphatic carbocycles. The average molecular weight is 396 g/mol. The number of aromatic nitrogens is 12. The van der Waals surface area contributed by atoms with Crippen LogP contribution in [0.1, 0.15) is 0 Å². The first-order chi connectivity index (χ1) is 14.8. The number of rotatable bonds is 0. The van der Waals surface area contributed by atoms with E-state index in [2.05, 4.69) is 65.7 Å². The molecular weight excluding hydrogens is 384 g/mol. The molecule has 12 nitrogen and oxygen atoms in total. The van der Waals surface area contributed by atoms with Gasteiger partial charge in [0.05, 0.1) is 22.7 Å². The Morgan fingerprint density at radius 2 is 1.43 bits per heavy atom. The SMILES string of the molecule is c1ccc2cc3c(cc2c1)c1cc2ccnnn2[nH]n1n1[nH]n2nnnnc2cc31. The molecule has 0 fully saturated rings. The van der Waals surface area contributed by atoms with Crippen LogP contribution in [0.2, 0.25) is 0 Å². The van der Waals surface area contributed by atoms with Crippen molar-refractivity contribution in [2.75, 3.05) is 0 Å². The van der Waals surface area contributed by atoms with Gasteiger partial charge >= 0.3 is 0 Å². The van der Waals surface area contributed by atoms with E-state index >= 15 is 0 Å². The van der Waals surface area contributed by atoms with Crippen molar-refractivity contribution < 1.29 is 0 Å². The van der Waals surface area contributed by atoms with Crippen LogP contribution in [0.3, 0.4) is 0 Å². The summed E-state index contributed by atoms with van der Waals surface area (Å²) in [6.07, 6.45) is 1.66. The number of H-pyrrole nitrogens is 2. The summed E-state index contributed by atoms with van der Waals surface area (Å²) in [4.78, 5) is 0. The Morgan fingerprint density at radius 1 is 0.700 bits per heavy atom. The highest BCUT2D eigenvalue weighted by atomic mass is 15.7. The van der Waals surface area contributed by atoms with Crippen molar-refractivity contribution in [1.29, 1.82) is 0 Å². The molecule has 2 N–H and O–H groups in total. The zero-order chi connectivity index (χ0) is 19.7. The standard InChI is InChI=1S/C18H12N12/c1-2-4-12-8-15-14(7-11(12)3-1)16-9-13-5-6-19-23-27(13)25-29(16)30-17(15)10-18-20-21-22-24-28(18)26-30/h1-10,25-26H. The first-order valence-electron chi connectivity index (χ1n) is 9.18. The zero-order valence-corrected chi connectivity index (χ0v) is 15.2. The molecule has 0 spiro atoms. The van der Waals surface area contributed by atoms with Gasteiger partial charge in [0.2, 0.25) is 5.65 Å². The molecule has 30 heavy (non-hydrogen) atoms. The van der Waals surface area contributed by atoms with E-state index in [9.17, 15) is 0 Å². The lowest BCUT2D eigenvalue weighted by atomic mass is 10.0. The van der Waals surface area contributed by atoms with E-state index in [0.717, 1.165) is 38.1 Å². The molecule has 0 radical (unpaired) electrons. The van der Waals surface area contributed by atoms with Crippen LogP contribution < -0.4 is 0 Å². The smallest absolute Gasteiger partial charge is 0.196 e. The summed E-state index contributed by atoms with van der Waals surface area (Å²) in [5.41, 5.74) is 3.22. The molecule has 0 saturated heterocycles. The van der Waals surface area contributed by atoms with Gasteiger partial charge in [0.1, 0.15) is 0 Å². The van der Waals surface area contributed by atoms with E-state index in [1.54, 1.807) is 10.8 Å². The van der Waals surface area contributed by atoms with Gasteiger partial charge in [-0.05, 0) is 55.9 Å². The van der Waals surface area contributed by atoms with Gasteiger partial charge in [-0.3, -0.25) is 0 Å². The van der Waals surface area contributed by atoms with Gasteiger partial charge < -0.3 is 0 Å². The van der Waals surface area contributed by atoms with Gasteiger partial charge in [-0.2, -0.15) is 19.7 Å². The molecule has 5 aromatic heterocycles. The summed E-state index contributed by atoms with van der Waals surface area (Å²) in [6, 6.07) is 18.5. The molecule has 0 aliphatic heterocycles. The van der Waals surface area contributed by atoms with Gasteiger partial charge in [0.25, 0.3) is 0 Å². The number of nitrogens with one attached hydrogen (secondary N) is 2. The van der Waals surface area contributed by atoms with E-state index in [1.165, 1.54) is 4.63 Å². The van der Waals surface area contributed by atoms with Gasteiger partial charge in [-0.25, -0.2) is 0 Å². The third-order valence-electron chi connectivity index (χ3n) is 5.25. The predicted molar refractivity (Wildman–Crippen MR) is 107 cm³/mol. The molecule has 0 amide bonds. The van der Waals surface area contributed by atoms with Gasteiger partial charge in [0.15, 0.2) is 0 Å². The van der Waals surface area contributed by atoms with Crippen LogP contribution >= 0.6 is 0 Å². The molecule has 0 aliphatic rings. The second-order valence-electron chi connectivity index (χ2n) is 6.92. The largest absolute Gasteiger partial charge is 0.201 e. The molecule has 0 atom stereocenters. The van der Waals surface area contributed by atoms with E-state index in [1.807, 2.05) is 39.6 Å². The summed E-state index contributed by atoms with van der Waals surface area (Å²) < 4.78 is 6.68. The number of hydrogen-bond donors (Lipinski definition) is 2. The molecule has 0 bridgehead atoms. The third kappa shape index (κ3) is 1.98. The number of benzene rings is 2. The van der Waals surface area contributed by atoms with Crippen molar-refractivity contribution in [3.63, 3.8) is 0 Å². The summed E-state index contributed by atoms with van der Waals surface area (Å²) in [5, 5.41) is 34.3. The minimum Gasteiger partial charge on any atom is -0.196 e. The van der Waals surface area contributed by atoms with E-state index in [0.29, 0.717) is 5.65 Å². The Labute approximate surface area is 165 Å². The highest BCUT2D eigenvalue weighted by Gasteiger charge is 2.12. The first-order valence-corrected chi connectivity index (χ1v) is 9.18. The van der Waals surface area contributed by atoms with Crippen molar-refractivity contribution in [2.45, 2.75) is 0 Å². The topological polar surface area (TPSA) is 127 Å². The molecule has 2 aromatic carbocycles. The third-order valence-corrected chi connectivity index (χ3v) is 5.25. The zero-order valence-electron chi connectivity index (χ0n) is 15.2. The second kappa shape index (κ2) is 5.41. The van der Waals surface area contributed by atoms with E-state index in [4.69, 9.17) is 0 Å². The molecule has 12 heteroatoms. The molecular formula is C18H12N12. The van der Waals surface area contributed by atoms with Crippen molar-refractivity contribution in [3.05, 3.63) is 60.8 Å². The Kier molecular flexibility index (Phi) is 2.74. The van der Waals surface area contributed by atoms with Crippen molar-refractivity contribution >= 4 is 43.7 Å². The maximum absolute atomic E-state index is 4.14. The highest BCUT2D eigenvalue weighted by Crippen LogP contribution is 2.29. The van der Waals surface area contributed by atoms with Crippen molar-refractivity contribution in [2.24, 2.45) is 0 Å². The lowest BCUT2D eigenvalue weighted by Gasteiger charge is -2.16. The summed E-state index contributed by atoms with van der Waals surface area (Å²) >= 11 is 0. The molecule has 7 aromatic rings. The Morgan fingerprint density at radius 3 is 2.23 bits per heavy atom. The second-order valence-corrected chi connectivity index (χ2v) is 6.92. The van der Waals surface area contributed by atoms with E-state index < -0.39 is 0 Å². The number of hydrogen-bond acceptors (Lipinski definition) is 6.